The number of hydrogen-bond donors (Lipinski definition) is 1. The summed E-state index contributed by atoms with van der Waals surface area (Å²) < 4.78 is 0. The van der Waals surface area contributed by atoms with E-state index < -0.39 is 0 Å². The van der Waals surface area contributed by atoms with E-state index in [1.807, 2.05) is 12.1 Å². The molecule has 0 saturated carbocycles. The minimum atomic E-state index is 0.307. The number of nitrogens with one attached hydrogen (secondary N) is 1. The molecule has 0 aliphatic carbocycles. The Bertz CT molecular complexity index is 1230. The largest absolute Gasteiger partial charge is 0.353 e. The highest BCUT2D eigenvalue weighted by molar-refractivity contribution is 5.92. The van der Waals surface area contributed by atoms with Gasteiger partial charge in [0.05, 0.1) is 16.9 Å². The molecule has 0 radical (unpaired) electrons. The Morgan fingerprint density at radius 3 is 2.74 bits per heavy atom. The molecule has 1 fully saturated rings. The standard InChI is InChI=1S/C27H29N3O/c1-19-12-14-24-22(18-19)21(9-7-11-26(31)30-16-5-2-6-17-30)27(29-24)25-15-13-20-8-3-4-10-23(20)28-25/h3-4,8,10,12-15,18,29H,2,5-7,9,11,16-17H2,1H3. The highest BCUT2D eigenvalue weighted by atomic mass is 16.2. The second-order valence-electron chi connectivity index (χ2n) is 8.71. The summed E-state index contributed by atoms with van der Waals surface area (Å²) in [6.45, 7) is 3.98. The van der Waals surface area contributed by atoms with Crippen molar-refractivity contribution >= 4 is 27.7 Å². The van der Waals surface area contributed by atoms with E-state index in [1.165, 1.54) is 22.9 Å². The van der Waals surface area contributed by atoms with E-state index in [2.05, 4.69) is 59.3 Å². The number of likely N-dealkylation sites (tertiary alicyclic amines) is 1. The number of fused-ring (bicyclic) bond motifs is 2. The fraction of sp³-hybridized carbons (Fsp3) is 0.333. The lowest BCUT2D eigenvalue weighted by molar-refractivity contribution is -0.132. The van der Waals surface area contributed by atoms with Crippen molar-refractivity contribution < 1.29 is 4.79 Å². The number of aromatic nitrogens is 2. The first-order chi connectivity index (χ1) is 15.2. The molecule has 4 heteroatoms. The second-order valence-corrected chi connectivity index (χ2v) is 8.71. The zero-order valence-corrected chi connectivity index (χ0v) is 18.2. The quantitative estimate of drug-likeness (QED) is 0.436. The zero-order chi connectivity index (χ0) is 21.2. The Kier molecular flexibility index (Phi) is 5.46. The van der Waals surface area contributed by atoms with Gasteiger partial charge in [-0.05, 0) is 68.9 Å². The van der Waals surface area contributed by atoms with E-state index in [1.54, 1.807) is 0 Å². The maximum absolute atomic E-state index is 12.7. The van der Waals surface area contributed by atoms with Crippen LogP contribution in [0.1, 0.15) is 43.2 Å². The normalized spacial score (nSPS) is 14.4. The maximum atomic E-state index is 12.7. The first kappa shape index (κ1) is 19.8. The number of para-hydroxylation sites is 1. The van der Waals surface area contributed by atoms with E-state index in [0.717, 1.165) is 66.6 Å². The first-order valence-electron chi connectivity index (χ1n) is 11.4. The molecule has 158 valence electrons. The van der Waals surface area contributed by atoms with Gasteiger partial charge in [0.25, 0.3) is 0 Å². The van der Waals surface area contributed by atoms with Crippen LogP contribution in [0.2, 0.25) is 0 Å². The third-order valence-electron chi connectivity index (χ3n) is 6.44. The summed E-state index contributed by atoms with van der Waals surface area (Å²) in [4.78, 5) is 23.3. The molecule has 1 saturated heterocycles. The summed E-state index contributed by atoms with van der Waals surface area (Å²) in [6.07, 6.45) is 5.88. The van der Waals surface area contributed by atoms with Gasteiger partial charge in [0, 0.05) is 35.8 Å². The van der Waals surface area contributed by atoms with Gasteiger partial charge in [-0.2, -0.15) is 0 Å². The number of carbonyl (C=O) groups is 1. The first-order valence-corrected chi connectivity index (χ1v) is 11.4. The molecule has 4 aromatic rings. The molecule has 1 N–H and O–H groups in total. The van der Waals surface area contributed by atoms with Crippen molar-refractivity contribution in [1.29, 1.82) is 0 Å². The van der Waals surface area contributed by atoms with Crippen molar-refractivity contribution in [3.05, 3.63) is 65.7 Å². The number of aryl methyl sites for hydroxylation is 2. The molecule has 1 aliphatic rings. The molecule has 0 spiro atoms. The van der Waals surface area contributed by atoms with Crippen molar-refractivity contribution in [3.63, 3.8) is 0 Å². The van der Waals surface area contributed by atoms with E-state index in [9.17, 15) is 4.79 Å². The molecule has 31 heavy (non-hydrogen) atoms. The predicted octanol–water partition coefficient (Wildman–Crippen LogP) is 6.03. The molecule has 5 rings (SSSR count). The SMILES string of the molecule is Cc1ccc2[nH]c(-c3ccc4ccccc4n3)c(CCCC(=O)N3CCCCC3)c2c1. The van der Waals surface area contributed by atoms with Gasteiger partial charge in [-0.15, -0.1) is 0 Å². The average molecular weight is 412 g/mol. The number of rotatable bonds is 5. The summed E-state index contributed by atoms with van der Waals surface area (Å²) in [6, 6.07) is 19.0. The molecular formula is C27H29N3O. The van der Waals surface area contributed by atoms with E-state index in [4.69, 9.17) is 4.98 Å². The number of H-pyrrole nitrogens is 1. The maximum Gasteiger partial charge on any atom is 0.222 e. The van der Waals surface area contributed by atoms with Gasteiger partial charge in [-0.25, -0.2) is 4.98 Å². The Balaban J connectivity index is 1.45. The lowest BCUT2D eigenvalue weighted by Gasteiger charge is -2.26. The Morgan fingerprint density at radius 2 is 1.87 bits per heavy atom. The van der Waals surface area contributed by atoms with Crippen LogP contribution >= 0.6 is 0 Å². The van der Waals surface area contributed by atoms with Gasteiger partial charge < -0.3 is 9.88 Å². The molecule has 1 amide bonds. The van der Waals surface area contributed by atoms with Crippen LogP contribution in [0.3, 0.4) is 0 Å². The number of hydrogen-bond acceptors (Lipinski definition) is 2. The van der Waals surface area contributed by atoms with Gasteiger partial charge in [0.2, 0.25) is 5.91 Å². The molecule has 1 aliphatic heterocycles. The highest BCUT2D eigenvalue weighted by Crippen LogP contribution is 2.32. The number of aromatic amines is 1. The summed E-state index contributed by atoms with van der Waals surface area (Å²) in [5.74, 6) is 0.307. The van der Waals surface area contributed by atoms with E-state index in [-0.39, 0.29) is 0 Å². The van der Waals surface area contributed by atoms with Crippen LogP contribution in [0.25, 0.3) is 33.2 Å². The molecule has 0 bridgehead atoms. The summed E-state index contributed by atoms with van der Waals surface area (Å²) in [7, 11) is 0. The van der Waals surface area contributed by atoms with Gasteiger partial charge in [0.1, 0.15) is 0 Å². The predicted molar refractivity (Wildman–Crippen MR) is 127 cm³/mol. The lowest BCUT2D eigenvalue weighted by atomic mass is 10.0. The molecule has 0 unspecified atom stereocenters. The Morgan fingerprint density at radius 1 is 1.03 bits per heavy atom. The van der Waals surface area contributed by atoms with Crippen LogP contribution in [0.5, 0.6) is 0 Å². The fourth-order valence-corrected chi connectivity index (χ4v) is 4.76. The van der Waals surface area contributed by atoms with Gasteiger partial charge >= 0.3 is 0 Å². The number of pyridine rings is 1. The van der Waals surface area contributed by atoms with Crippen molar-refractivity contribution in [2.45, 2.75) is 45.4 Å². The molecular weight excluding hydrogens is 382 g/mol. The second kappa shape index (κ2) is 8.54. The topological polar surface area (TPSA) is 49.0 Å². The third kappa shape index (κ3) is 4.07. The van der Waals surface area contributed by atoms with Crippen molar-refractivity contribution in [2.75, 3.05) is 13.1 Å². The molecule has 2 aromatic heterocycles. The van der Waals surface area contributed by atoms with Gasteiger partial charge in [0.15, 0.2) is 0 Å². The highest BCUT2D eigenvalue weighted by Gasteiger charge is 2.18. The minimum absolute atomic E-state index is 0.307. The third-order valence-corrected chi connectivity index (χ3v) is 6.44. The molecule has 4 nitrogen and oxygen atoms in total. The summed E-state index contributed by atoms with van der Waals surface area (Å²) in [5.41, 5.74) is 6.69. The number of nitrogens with zero attached hydrogens (tertiary/aromatic N) is 2. The average Bonchev–Trinajstić information content (AvgIpc) is 3.17. The summed E-state index contributed by atoms with van der Waals surface area (Å²) >= 11 is 0. The van der Waals surface area contributed by atoms with Crippen LogP contribution < -0.4 is 0 Å². The van der Waals surface area contributed by atoms with E-state index in [0.29, 0.717) is 12.3 Å². The number of piperidine rings is 1. The monoisotopic (exact) mass is 411 g/mol. The molecule has 2 aromatic carbocycles. The Hall–Kier alpha value is -3.14. The number of benzene rings is 2. The number of carbonyl (C=O) groups excluding carboxylic acids is 1. The van der Waals surface area contributed by atoms with Crippen molar-refractivity contribution in [1.82, 2.24) is 14.9 Å². The fourth-order valence-electron chi connectivity index (χ4n) is 4.76. The van der Waals surface area contributed by atoms with Gasteiger partial charge in [-0.1, -0.05) is 35.9 Å². The van der Waals surface area contributed by atoms with Crippen LogP contribution in [0.4, 0.5) is 0 Å². The van der Waals surface area contributed by atoms with Crippen LogP contribution in [-0.4, -0.2) is 33.9 Å². The molecule has 0 atom stereocenters. The Labute approximate surface area is 183 Å². The molecule has 3 heterocycles. The zero-order valence-electron chi connectivity index (χ0n) is 18.2. The van der Waals surface area contributed by atoms with E-state index >= 15 is 0 Å². The number of amides is 1. The van der Waals surface area contributed by atoms with Crippen LogP contribution in [0, 0.1) is 6.92 Å². The van der Waals surface area contributed by atoms with Crippen LogP contribution in [0.15, 0.2) is 54.6 Å². The lowest BCUT2D eigenvalue weighted by Crippen LogP contribution is -2.35. The van der Waals surface area contributed by atoms with Crippen LogP contribution in [-0.2, 0) is 11.2 Å². The minimum Gasteiger partial charge on any atom is -0.353 e. The van der Waals surface area contributed by atoms with Gasteiger partial charge in [-0.3, -0.25) is 4.79 Å². The summed E-state index contributed by atoms with van der Waals surface area (Å²) in [5, 5.41) is 2.39. The smallest absolute Gasteiger partial charge is 0.222 e. The van der Waals surface area contributed by atoms with Crippen molar-refractivity contribution in [2.24, 2.45) is 0 Å². The van der Waals surface area contributed by atoms with Crippen molar-refractivity contribution in [3.8, 4) is 11.4 Å².